The van der Waals surface area contributed by atoms with Crippen molar-refractivity contribution in [2.75, 3.05) is 6.54 Å². The Morgan fingerprint density at radius 2 is 1.62 bits per heavy atom. The Labute approximate surface area is 145 Å². The monoisotopic (exact) mass is 335 g/mol. The van der Waals surface area contributed by atoms with Gasteiger partial charge in [0.15, 0.2) is 0 Å². The summed E-state index contributed by atoms with van der Waals surface area (Å²) in [4.78, 5) is 22.9. The minimum atomic E-state index is -0.475. The van der Waals surface area contributed by atoms with Crippen LogP contribution in [-0.2, 0) is 4.79 Å². The maximum Gasteiger partial charge on any atom is 0.312 e. The van der Waals surface area contributed by atoms with Crippen LogP contribution in [-0.4, -0.2) is 24.5 Å². The van der Waals surface area contributed by atoms with Gasteiger partial charge in [0.1, 0.15) is 0 Å². The zero-order valence-corrected chi connectivity index (χ0v) is 15.0. The molecule has 136 valence electrons. The van der Waals surface area contributed by atoms with Gasteiger partial charge in [-0.05, 0) is 81.5 Å². The third kappa shape index (κ3) is 4.04. The van der Waals surface area contributed by atoms with E-state index in [-0.39, 0.29) is 5.91 Å². The summed E-state index contributed by atoms with van der Waals surface area (Å²) in [6.45, 7) is 2.84. The van der Waals surface area contributed by atoms with Gasteiger partial charge in [0.05, 0.1) is 0 Å². The Morgan fingerprint density at radius 3 is 2.17 bits per heavy atom. The third-order valence-corrected chi connectivity index (χ3v) is 6.76. The number of nitrogens with one attached hydrogen (secondary N) is 2. The molecule has 4 rings (SSSR count). The Balaban J connectivity index is 1.38. The molecule has 4 aliphatic carbocycles. The zero-order valence-electron chi connectivity index (χ0n) is 15.0. The summed E-state index contributed by atoms with van der Waals surface area (Å²) in [5.41, 5.74) is 5.40. The molecule has 4 N–H and O–H groups in total. The molecule has 0 unspecified atom stereocenters. The van der Waals surface area contributed by atoms with Crippen molar-refractivity contribution in [3.63, 3.8) is 0 Å². The van der Waals surface area contributed by atoms with Gasteiger partial charge in [0, 0.05) is 19.0 Å². The van der Waals surface area contributed by atoms with Gasteiger partial charge in [-0.3, -0.25) is 4.79 Å². The molecule has 4 aliphatic rings. The molecule has 0 radical (unpaired) electrons. The van der Waals surface area contributed by atoms with Crippen molar-refractivity contribution in [2.24, 2.45) is 28.9 Å². The molecule has 24 heavy (non-hydrogen) atoms. The van der Waals surface area contributed by atoms with Crippen molar-refractivity contribution >= 4 is 11.9 Å². The fourth-order valence-electron chi connectivity index (χ4n) is 5.97. The van der Waals surface area contributed by atoms with Crippen LogP contribution in [0.4, 0.5) is 4.79 Å². The summed E-state index contributed by atoms with van der Waals surface area (Å²) in [5, 5.41) is 5.90. The van der Waals surface area contributed by atoms with E-state index in [1.54, 1.807) is 0 Å². The smallest absolute Gasteiger partial charge is 0.312 e. The van der Waals surface area contributed by atoms with Crippen molar-refractivity contribution in [2.45, 2.75) is 77.2 Å². The SMILES string of the molecule is C[C@@H](NC(=O)CCCCCNC(N)=O)C12CC3CC(CC(C3)C1)C2. The summed E-state index contributed by atoms with van der Waals surface area (Å²) >= 11 is 0. The highest BCUT2D eigenvalue weighted by Crippen LogP contribution is 2.61. The lowest BCUT2D eigenvalue weighted by Crippen LogP contribution is -2.55. The highest BCUT2D eigenvalue weighted by Gasteiger charge is 2.53. The molecular formula is C19H33N3O2. The van der Waals surface area contributed by atoms with Gasteiger partial charge < -0.3 is 16.4 Å². The maximum atomic E-state index is 12.3. The highest BCUT2D eigenvalue weighted by molar-refractivity contribution is 5.76. The molecule has 4 saturated carbocycles. The van der Waals surface area contributed by atoms with Crippen LogP contribution in [0.25, 0.3) is 0 Å². The van der Waals surface area contributed by atoms with E-state index in [0.29, 0.717) is 24.4 Å². The zero-order chi connectivity index (χ0) is 17.2. The Kier molecular flexibility index (Phi) is 5.36. The van der Waals surface area contributed by atoms with E-state index >= 15 is 0 Å². The predicted octanol–water partition coefficient (Wildman–Crippen LogP) is 2.94. The lowest BCUT2D eigenvalue weighted by atomic mass is 9.48. The van der Waals surface area contributed by atoms with Gasteiger partial charge in [-0.15, -0.1) is 0 Å². The van der Waals surface area contributed by atoms with Crippen LogP contribution < -0.4 is 16.4 Å². The quantitative estimate of drug-likeness (QED) is 0.596. The number of amides is 3. The van der Waals surface area contributed by atoms with E-state index in [0.717, 1.165) is 37.0 Å². The largest absolute Gasteiger partial charge is 0.353 e. The Bertz CT molecular complexity index is 442. The molecule has 4 fully saturated rings. The molecule has 0 saturated heterocycles. The number of primary amides is 1. The van der Waals surface area contributed by atoms with E-state index in [2.05, 4.69) is 17.6 Å². The van der Waals surface area contributed by atoms with Gasteiger partial charge in [-0.25, -0.2) is 4.79 Å². The number of unbranched alkanes of at least 4 members (excludes halogenated alkanes) is 2. The summed E-state index contributed by atoms with van der Waals surface area (Å²) < 4.78 is 0. The standard InChI is InChI=1S/C19H33N3O2/c1-13(22-17(23)5-3-2-4-6-21-18(20)24)19-10-14-7-15(11-19)9-16(8-14)12-19/h13-16H,2-12H2,1H3,(H,22,23)(H3,20,21,24)/t13-,14?,15?,16?,19?/m1/s1. The lowest BCUT2D eigenvalue weighted by molar-refractivity contribution is -0.126. The minimum absolute atomic E-state index is 0.195. The summed E-state index contributed by atoms with van der Waals surface area (Å²) in [6.07, 6.45) is 11.6. The molecular weight excluding hydrogens is 302 g/mol. The number of rotatable bonds is 8. The van der Waals surface area contributed by atoms with Crippen molar-refractivity contribution in [1.29, 1.82) is 0 Å². The van der Waals surface area contributed by atoms with Gasteiger partial charge in [-0.2, -0.15) is 0 Å². The summed E-state index contributed by atoms with van der Waals surface area (Å²) in [5.74, 6) is 2.97. The van der Waals surface area contributed by atoms with Crippen molar-refractivity contribution in [3.8, 4) is 0 Å². The van der Waals surface area contributed by atoms with E-state index in [9.17, 15) is 9.59 Å². The second kappa shape index (κ2) is 7.32. The molecule has 1 atom stereocenters. The average Bonchev–Trinajstić information content (AvgIpc) is 2.49. The molecule has 0 aromatic rings. The molecule has 0 aromatic carbocycles. The predicted molar refractivity (Wildman–Crippen MR) is 94.3 cm³/mol. The van der Waals surface area contributed by atoms with E-state index in [4.69, 9.17) is 5.73 Å². The van der Waals surface area contributed by atoms with Gasteiger partial charge in [0.25, 0.3) is 0 Å². The summed E-state index contributed by atoms with van der Waals surface area (Å²) in [6, 6.07) is -0.160. The topological polar surface area (TPSA) is 84.2 Å². The first kappa shape index (κ1) is 17.6. The second-order valence-electron chi connectivity index (χ2n) is 8.67. The van der Waals surface area contributed by atoms with E-state index in [1.165, 1.54) is 38.5 Å². The number of carbonyl (C=O) groups is 2. The van der Waals surface area contributed by atoms with Crippen LogP contribution in [0.15, 0.2) is 0 Å². The number of hydrogen-bond donors (Lipinski definition) is 3. The van der Waals surface area contributed by atoms with Crippen LogP contribution >= 0.6 is 0 Å². The van der Waals surface area contributed by atoms with Crippen molar-refractivity contribution in [1.82, 2.24) is 10.6 Å². The minimum Gasteiger partial charge on any atom is -0.353 e. The maximum absolute atomic E-state index is 12.3. The highest BCUT2D eigenvalue weighted by atomic mass is 16.2. The number of hydrogen-bond acceptors (Lipinski definition) is 2. The van der Waals surface area contributed by atoms with E-state index < -0.39 is 6.03 Å². The van der Waals surface area contributed by atoms with Gasteiger partial charge in [0.2, 0.25) is 5.91 Å². The Morgan fingerprint density at radius 1 is 1.04 bits per heavy atom. The fraction of sp³-hybridized carbons (Fsp3) is 0.895. The average molecular weight is 335 g/mol. The summed E-state index contributed by atoms with van der Waals surface area (Å²) in [7, 11) is 0. The van der Waals surface area contributed by atoms with Crippen LogP contribution in [0.3, 0.4) is 0 Å². The first-order valence-corrected chi connectivity index (χ1v) is 9.79. The molecule has 5 heteroatoms. The number of nitrogens with two attached hydrogens (primary N) is 1. The lowest BCUT2D eigenvalue weighted by Gasteiger charge is -2.59. The van der Waals surface area contributed by atoms with Crippen LogP contribution in [0.2, 0.25) is 0 Å². The van der Waals surface area contributed by atoms with E-state index in [1.807, 2.05) is 0 Å². The molecule has 5 nitrogen and oxygen atoms in total. The van der Waals surface area contributed by atoms with Crippen LogP contribution in [0.5, 0.6) is 0 Å². The number of carbonyl (C=O) groups excluding carboxylic acids is 2. The molecule has 0 spiro atoms. The molecule has 0 aromatic heterocycles. The van der Waals surface area contributed by atoms with Crippen molar-refractivity contribution < 1.29 is 9.59 Å². The first-order valence-electron chi connectivity index (χ1n) is 9.79. The normalized spacial score (nSPS) is 34.8. The number of urea groups is 1. The Hall–Kier alpha value is -1.26. The second-order valence-corrected chi connectivity index (χ2v) is 8.67. The van der Waals surface area contributed by atoms with Gasteiger partial charge >= 0.3 is 6.03 Å². The molecule has 4 bridgehead atoms. The fourth-order valence-corrected chi connectivity index (χ4v) is 5.97. The van der Waals surface area contributed by atoms with Crippen LogP contribution in [0, 0.1) is 23.2 Å². The van der Waals surface area contributed by atoms with Crippen molar-refractivity contribution in [3.05, 3.63) is 0 Å². The third-order valence-electron chi connectivity index (χ3n) is 6.76. The van der Waals surface area contributed by atoms with Crippen LogP contribution in [0.1, 0.15) is 71.1 Å². The van der Waals surface area contributed by atoms with Gasteiger partial charge in [-0.1, -0.05) is 6.42 Å². The first-order chi connectivity index (χ1) is 11.5. The molecule has 0 heterocycles. The molecule has 3 amide bonds. The molecule has 0 aliphatic heterocycles.